The maximum absolute atomic E-state index is 13.9. The lowest BCUT2D eigenvalue weighted by Gasteiger charge is -2.32. The average molecular weight is 440 g/mol. The van der Waals surface area contributed by atoms with Gasteiger partial charge in [-0.25, -0.2) is 31.9 Å². The molecule has 2 aromatic rings. The third kappa shape index (κ3) is 3.62. The van der Waals surface area contributed by atoms with Crippen molar-refractivity contribution in [2.75, 3.05) is 0 Å². The number of halogens is 4. The van der Waals surface area contributed by atoms with E-state index in [1.54, 1.807) is 22.8 Å². The first-order valence-corrected chi connectivity index (χ1v) is 10.5. The van der Waals surface area contributed by atoms with E-state index in [1.807, 2.05) is 0 Å². The second-order valence-electron chi connectivity index (χ2n) is 8.97. The van der Waals surface area contributed by atoms with Gasteiger partial charge in [-0.3, -0.25) is 0 Å². The van der Waals surface area contributed by atoms with Gasteiger partial charge in [0.05, 0.1) is 36.1 Å². The summed E-state index contributed by atoms with van der Waals surface area (Å²) >= 11 is 0. The molecule has 1 aliphatic heterocycles. The molecule has 0 spiro atoms. The van der Waals surface area contributed by atoms with E-state index in [9.17, 15) is 22.4 Å². The van der Waals surface area contributed by atoms with Gasteiger partial charge in [0, 0.05) is 31.9 Å². The molecule has 3 unspecified atom stereocenters. The fraction of sp³-hybridized carbons (Fsp3) is 0.650. The summed E-state index contributed by atoms with van der Waals surface area (Å²) in [5.74, 6) is -5.68. The number of hydrogen-bond donors (Lipinski definition) is 2. The SMILES string of the molecule is NC(c1nc2cccnn2c1CN1C(=O)NC2CC(F)(F)CC21)C1CCC(F)(F)CC1. The van der Waals surface area contributed by atoms with Gasteiger partial charge in [-0.15, -0.1) is 0 Å². The van der Waals surface area contributed by atoms with Gasteiger partial charge in [0.1, 0.15) is 0 Å². The van der Waals surface area contributed by atoms with Gasteiger partial charge in [-0.1, -0.05) is 0 Å². The van der Waals surface area contributed by atoms with Crippen LogP contribution in [0.15, 0.2) is 18.3 Å². The van der Waals surface area contributed by atoms with Crippen LogP contribution >= 0.6 is 0 Å². The van der Waals surface area contributed by atoms with Crippen LogP contribution in [0.25, 0.3) is 5.65 Å². The number of rotatable bonds is 4. The van der Waals surface area contributed by atoms with Crippen LogP contribution in [0.3, 0.4) is 0 Å². The smallest absolute Gasteiger partial charge is 0.318 e. The summed E-state index contributed by atoms with van der Waals surface area (Å²) in [4.78, 5) is 18.5. The van der Waals surface area contributed by atoms with Crippen LogP contribution in [0.4, 0.5) is 22.4 Å². The fourth-order valence-electron chi connectivity index (χ4n) is 5.22. The van der Waals surface area contributed by atoms with Crippen LogP contribution < -0.4 is 11.1 Å². The Hall–Kier alpha value is -2.43. The van der Waals surface area contributed by atoms with Crippen molar-refractivity contribution >= 4 is 11.7 Å². The van der Waals surface area contributed by atoms with Crippen molar-refractivity contribution in [2.45, 2.75) is 75.0 Å². The van der Waals surface area contributed by atoms with E-state index >= 15 is 0 Å². The van der Waals surface area contributed by atoms with Crippen molar-refractivity contribution in [3.63, 3.8) is 0 Å². The van der Waals surface area contributed by atoms with Crippen LogP contribution in [-0.2, 0) is 6.54 Å². The number of nitrogens with two attached hydrogens (primary N) is 1. The van der Waals surface area contributed by atoms with Crippen molar-refractivity contribution in [1.29, 1.82) is 0 Å². The summed E-state index contributed by atoms with van der Waals surface area (Å²) in [7, 11) is 0. The monoisotopic (exact) mass is 440 g/mol. The molecule has 3 atom stereocenters. The lowest BCUT2D eigenvalue weighted by atomic mass is 9.81. The number of fused-ring (bicyclic) bond motifs is 2. The van der Waals surface area contributed by atoms with E-state index in [2.05, 4.69) is 15.4 Å². The number of carbonyl (C=O) groups excluding carboxylic acids is 1. The first-order valence-electron chi connectivity index (χ1n) is 10.5. The van der Waals surface area contributed by atoms with Crippen molar-refractivity contribution in [1.82, 2.24) is 24.8 Å². The summed E-state index contributed by atoms with van der Waals surface area (Å²) in [5, 5.41) is 6.95. The lowest BCUT2D eigenvalue weighted by Crippen LogP contribution is -2.36. The highest BCUT2D eigenvalue weighted by atomic mass is 19.3. The molecular formula is C20H24F4N6O. The molecule has 3 N–H and O–H groups in total. The molecule has 0 bridgehead atoms. The van der Waals surface area contributed by atoms with Crippen molar-refractivity contribution in [3.05, 3.63) is 29.7 Å². The van der Waals surface area contributed by atoms with E-state index in [0.717, 1.165) is 0 Å². The first-order chi connectivity index (χ1) is 14.6. The van der Waals surface area contributed by atoms with Gasteiger partial charge >= 0.3 is 6.03 Å². The molecule has 3 heterocycles. The number of alkyl halides is 4. The number of urea groups is 1. The maximum atomic E-state index is 13.9. The van der Waals surface area contributed by atoms with Crippen LogP contribution in [0, 0.1) is 5.92 Å². The Bertz CT molecular complexity index is 1000. The highest BCUT2D eigenvalue weighted by Gasteiger charge is 2.54. The highest BCUT2D eigenvalue weighted by Crippen LogP contribution is 2.43. The molecule has 168 valence electrons. The van der Waals surface area contributed by atoms with Crippen LogP contribution in [-0.4, -0.2) is 49.5 Å². The maximum Gasteiger partial charge on any atom is 0.318 e. The van der Waals surface area contributed by atoms with Crippen LogP contribution in [0.1, 0.15) is 56.0 Å². The predicted molar refractivity (Wildman–Crippen MR) is 103 cm³/mol. The second kappa shape index (κ2) is 7.04. The van der Waals surface area contributed by atoms with Gasteiger partial charge in [0.2, 0.25) is 5.92 Å². The highest BCUT2D eigenvalue weighted by molar-refractivity contribution is 5.78. The van der Waals surface area contributed by atoms with Gasteiger partial charge < -0.3 is 16.0 Å². The number of nitrogens with one attached hydrogen (secondary N) is 1. The quantitative estimate of drug-likeness (QED) is 0.715. The number of carbonyl (C=O) groups is 1. The molecular weight excluding hydrogens is 416 g/mol. The van der Waals surface area contributed by atoms with Gasteiger partial charge in [-0.2, -0.15) is 5.10 Å². The summed E-state index contributed by atoms with van der Waals surface area (Å²) in [6.45, 7) is 0.0210. The van der Waals surface area contributed by atoms with Gasteiger partial charge in [-0.05, 0) is 30.9 Å². The summed E-state index contributed by atoms with van der Waals surface area (Å²) in [6, 6.07) is 1.19. The molecule has 2 saturated carbocycles. The third-order valence-electron chi connectivity index (χ3n) is 6.88. The number of amides is 2. The minimum absolute atomic E-state index is 0.0210. The number of hydrogen-bond acceptors (Lipinski definition) is 4. The Morgan fingerprint density at radius 2 is 1.94 bits per heavy atom. The van der Waals surface area contributed by atoms with E-state index in [4.69, 9.17) is 5.73 Å². The van der Waals surface area contributed by atoms with Crippen molar-refractivity contribution < 1.29 is 22.4 Å². The molecule has 3 aliphatic rings. The second-order valence-corrected chi connectivity index (χ2v) is 8.97. The molecule has 2 amide bonds. The summed E-state index contributed by atoms with van der Waals surface area (Å²) in [6.07, 6.45) is 0.879. The molecule has 31 heavy (non-hydrogen) atoms. The van der Waals surface area contributed by atoms with E-state index in [1.165, 1.54) is 4.90 Å². The first kappa shape index (κ1) is 20.5. The standard InChI is InChI=1S/C20H24F4N6O/c21-19(22)5-3-11(4-6-19)16(25)17-14(30-15(28-17)2-1-7-26-30)10-29-13-9-20(23,24)8-12(13)27-18(29)31/h1-2,7,11-13,16H,3-6,8-10,25H2,(H,27,31). The topological polar surface area (TPSA) is 88.5 Å². The van der Waals surface area contributed by atoms with Gasteiger partial charge in [0.25, 0.3) is 5.92 Å². The summed E-state index contributed by atoms with van der Waals surface area (Å²) in [5.41, 5.74) is 8.02. The number of imidazole rings is 1. The predicted octanol–water partition coefficient (Wildman–Crippen LogP) is 3.25. The van der Waals surface area contributed by atoms with E-state index in [0.29, 0.717) is 17.0 Å². The Morgan fingerprint density at radius 1 is 1.19 bits per heavy atom. The number of aromatic nitrogens is 3. The largest absolute Gasteiger partial charge is 0.333 e. The minimum Gasteiger partial charge on any atom is -0.333 e. The molecule has 3 fully saturated rings. The molecule has 7 nitrogen and oxygen atoms in total. The normalized spacial score (nSPS) is 28.7. The third-order valence-corrected chi connectivity index (χ3v) is 6.88. The zero-order chi connectivity index (χ0) is 22.0. The molecule has 0 aromatic carbocycles. The van der Waals surface area contributed by atoms with Crippen LogP contribution in [0.2, 0.25) is 0 Å². The molecule has 11 heteroatoms. The average Bonchev–Trinajstić information content (AvgIpc) is 3.30. The van der Waals surface area contributed by atoms with Crippen LogP contribution in [0.5, 0.6) is 0 Å². The molecule has 2 aromatic heterocycles. The van der Waals surface area contributed by atoms with E-state index < -0.39 is 42.4 Å². The Balaban J connectivity index is 1.46. The zero-order valence-electron chi connectivity index (χ0n) is 16.8. The van der Waals surface area contributed by atoms with Gasteiger partial charge in [0.15, 0.2) is 5.65 Å². The Labute approximate surface area is 176 Å². The fourth-order valence-corrected chi connectivity index (χ4v) is 5.22. The minimum atomic E-state index is -2.83. The molecule has 2 aliphatic carbocycles. The Kier molecular flexibility index (Phi) is 4.65. The number of nitrogens with zero attached hydrogens (tertiary/aromatic N) is 4. The zero-order valence-corrected chi connectivity index (χ0v) is 16.8. The van der Waals surface area contributed by atoms with Crippen molar-refractivity contribution in [3.8, 4) is 0 Å². The van der Waals surface area contributed by atoms with E-state index in [-0.39, 0.29) is 44.6 Å². The molecule has 5 rings (SSSR count). The Morgan fingerprint density at radius 3 is 2.68 bits per heavy atom. The molecule has 0 radical (unpaired) electrons. The lowest BCUT2D eigenvalue weighted by molar-refractivity contribution is -0.0485. The summed E-state index contributed by atoms with van der Waals surface area (Å²) < 4.78 is 56.6. The van der Waals surface area contributed by atoms with Crippen molar-refractivity contribution in [2.24, 2.45) is 11.7 Å². The molecule has 1 saturated heterocycles.